The Hall–Kier alpha value is -1.82. The first-order chi connectivity index (χ1) is 11.4. The number of carbonyl (C=O) groups excluding carboxylic acids is 1. The fraction of sp³-hybridized carbons (Fsp3) is 0.667. The largest absolute Gasteiger partial charge is 0.491 e. The number of aromatic nitrogens is 1. The maximum Gasteiger partial charge on any atom is 0.257 e. The van der Waals surface area contributed by atoms with Crippen LogP contribution in [0.15, 0.2) is 6.07 Å². The van der Waals surface area contributed by atoms with E-state index in [2.05, 4.69) is 25.8 Å². The summed E-state index contributed by atoms with van der Waals surface area (Å²) in [7, 11) is 3.16. The molecule has 0 bridgehead atoms. The van der Waals surface area contributed by atoms with Crippen molar-refractivity contribution < 1.29 is 23.7 Å². The minimum Gasteiger partial charge on any atom is -0.491 e. The van der Waals surface area contributed by atoms with Crippen molar-refractivity contribution in [2.24, 2.45) is 11.3 Å². The molecule has 0 spiro atoms. The molecule has 0 saturated carbocycles. The molecule has 1 aromatic heterocycles. The van der Waals surface area contributed by atoms with Gasteiger partial charge < -0.3 is 18.9 Å². The van der Waals surface area contributed by atoms with E-state index in [1.165, 1.54) is 7.11 Å². The Balaban J connectivity index is 2.23. The Morgan fingerprint density at radius 3 is 2.67 bits per heavy atom. The molecule has 0 N–H and O–H groups in total. The Kier molecular flexibility index (Phi) is 6.04. The summed E-state index contributed by atoms with van der Waals surface area (Å²) in [5.41, 5.74) is 0.309. The standard InChI is InChI=1S/C18H27NO5/c1-18(2,3)12-9-13(20)16-14(24-11-12)10-15(17(19-16)22-5)23-8-6-7-21-4/h10,12H,6-9,11H2,1-5H3. The second-order valence-electron chi connectivity index (χ2n) is 7.04. The van der Waals surface area contributed by atoms with Crippen molar-refractivity contribution >= 4 is 5.78 Å². The highest BCUT2D eigenvalue weighted by atomic mass is 16.5. The van der Waals surface area contributed by atoms with Gasteiger partial charge in [-0.3, -0.25) is 4.79 Å². The van der Waals surface area contributed by atoms with Gasteiger partial charge in [0.15, 0.2) is 23.0 Å². The summed E-state index contributed by atoms with van der Waals surface area (Å²) in [5, 5.41) is 0. The van der Waals surface area contributed by atoms with Gasteiger partial charge in [-0.05, 0) is 5.41 Å². The predicted molar refractivity (Wildman–Crippen MR) is 90.2 cm³/mol. The lowest BCUT2D eigenvalue weighted by atomic mass is 9.78. The van der Waals surface area contributed by atoms with E-state index < -0.39 is 0 Å². The number of ketones is 1. The summed E-state index contributed by atoms with van der Waals surface area (Å²) in [6.45, 7) is 7.92. The van der Waals surface area contributed by atoms with Gasteiger partial charge in [-0.1, -0.05) is 20.8 Å². The number of hydrogen-bond acceptors (Lipinski definition) is 6. The molecule has 1 aromatic rings. The summed E-state index contributed by atoms with van der Waals surface area (Å²) in [5.74, 6) is 1.36. The Labute approximate surface area is 143 Å². The van der Waals surface area contributed by atoms with Gasteiger partial charge in [-0.2, -0.15) is 0 Å². The maximum atomic E-state index is 12.6. The third kappa shape index (κ3) is 4.38. The van der Waals surface area contributed by atoms with Crippen LogP contribution in [0.3, 0.4) is 0 Å². The van der Waals surface area contributed by atoms with Crippen LogP contribution in [0.2, 0.25) is 0 Å². The van der Waals surface area contributed by atoms with Crippen LogP contribution in [0.25, 0.3) is 0 Å². The molecular weight excluding hydrogens is 310 g/mol. The SMILES string of the molecule is COCCCOc1cc2c(nc1OC)C(=O)CC(C(C)(C)C)CO2. The number of nitrogens with zero attached hydrogens (tertiary/aromatic N) is 1. The highest BCUT2D eigenvalue weighted by molar-refractivity contribution is 5.97. The Morgan fingerprint density at radius 2 is 2.04 bits per heavy atom. The molecule has 2 heterocycles. The third-order valence-corrected chi connectivity index (χ3v) is 4.22. The van der Waals surface area contributed by atoms with Crippen LogP contribution in [0.1, 0.15) is 44.1 Å². The van der Waals surface area contributed by atoms with E-state index in [0.717, 1.165) is 6.42 Å². The fourth-order valence-corrected chi connectivity index (χ4v) is 2.53. The van der Waals surface area contributed by atoms with Crippen molar-refractivity contribution in [2.75, 3.05) is 34.0 Å². The molecule has 0 radical (unpaired) electrons. The zero-order valence-corrected chi connectivity index (χ0v) is 15.2. The normalized spacial score (nSPS) is 17.7. The van der Waals surface area contributed by atoms with Gasteiger partial charge >= 0.3 is 0 Å². The number of pyridine rings is 1. The van der Waals surface area contributed by atoms with Crippen LogP contribution in [0, 0.1) is 11.3 Å². The van der Waals surface area contributed by atoms with Crippen molar-refractivity contribution in [3.8, 4) is 17.4 Å². The van der Waals surface area contributed by atoms with E-state index in [9.17, 15) is 4.79 Å². The highest BCUT2D eigenvalue weighted by Gasteiger charge is 2.33. The lowest BCUT2D eigenvalue weighted by Gasteiger charge is -2.28. The van der Waals surface area contributed by atoms with Crippen LogP contribution in [-0.4, -0.2) is 44.8 Å². The number of rotatable bonds is 6. The van der Waals surface area contributed by atoms with E-state index in [1.54, 1.807) is 13.2 Å². The number of Topliss-reactive ketones (excluding diaryl/α,β-unsaturated/α-hetero) is 1. The predicted octanol–water partition coefficient (Wildman–Crippen LogP) is 3.13. The van der Waals surface area contributed by atoms with Crippen molar-refractivity contribution in [3.05, 3.63) is 11.8 Å². The number of carbonyl (C=O) groups is 1. The van der Waals surface area contributed by atoms with Gasteiger partial charge in [0.05, 0.1) is 20.3 Å². The van der Waals surface area contributed by atoms with Crippen molar-refractivity contribution in [1.29, 1.82) is 0 Å². The molecule has 6 heteroatoms. The van der Waals surface area contributed by atoms with Crippen LogP contribution in [0.4, 0.5) is 0 Å². The molecule has 1 aliphatic heterocycles. The third-order valence-electron chi connectivity index (χ3n) is 4.22. The molecule has 134 valence electrons. The van der Waals surface area contributed by atoms with Gasteiger partial charge in [0.2, 0.25) is 0 Å². The molecular formula is C18H27NO5. The smallest absolute Gasteiger partial charge is 0.257 e. The zero-order valence-electron chi connectivity index (χ0n) is 15.2. The van der Waals surface area contributed by atoms with Crippen molar-refractivity contribution in [2.45, 2.75) is 33.6 Å². The molecule has 0 fully saturated rings. The lowest BCUT2D eigenvalue weighted by molar-refractivity contribution is 0.0888. The van der Waals surface area contributed by atoms with Crippen molar-refractivity contribution in [1.82, 2.24) is 4.98 Å². The molecule has 0 saturated heterocycles. The molecule has 0 aromatic carbocycles. The number of fused-ring (bicyclic) bond motifs is 1. The average molecular weight is 337 g/mol. The van der Waals surface area contributed by atoms with E-state index in [-0.39, 0.29) is 17.1 Å². The second kappa shape index (κ2) is 7.83. The monoisotopic (exact) mass is 337 g/mol. The fourth-order valence-electron chi connectivity index (χ4n) is 2.53. The topological polar surface area (TPSA) is 66.9 Å². The van der Waals surface area contributed by atoms with Crippen molar-refractivity contribution in [3.63, 3.8) is 0 Å². The first-order valence-corrected chi connectivity index (χ1v) is 8.23. The summed E-state index contributed by atoms with van der Waals surface area (Å²) in [6.07, 6.45) is 1.17. The lowest BCUT2D eigenvalue weighted by Crippen LogP contribution is -2.27. The Bertz CT molecular complexity index is 580. The molecule has 1 unspecified atom stereocenters. The molecule has 0 amide bonds. The van der Waals surface area contributed by atoms with Gasteiger partial charge in [0, 0.05) is 38.5 Å². The summed E-state index contributed by atoms with van der Waals surface area (Å²) < 4.78 is 21.9. The number of methoxy groups -OCH3 is 2. The van der Waals surface area contributed by atoms with Gasteiger partial charge in [-0.15, -0.1) is 0 Å². The first-order valence-electron chi connectivity index (χ1n) is 8.23. The van der Waals surface area contributed by atoms with Crippen LogP contribution >= 0.6 is 0 Å². The first kappa shape index (κ1) is 18.5. The summed E-state index contributed by atoms with van der Waals surface area (Å²) >= 11 is 0. The molecule has 1 atom stereocenters. The van der Waals surface area contributed by atoms with E-state index >= 15 is 0 Å². The molecule has 2 rings (SSSR count). The van der Waals surface area contributed by atoms with Crippen LogP contribution in [0.5, 0.6) is 17.4 Å². The summed E-state index contributed by atoms with van der Waals surface area (Å²) in [4.78, 5) is 16.9. The molecule has 6 nitrogen and oxygen atoms in total. The van der Waals surface area contributed by atoms with E-state index in [4.69, 9.17) is 18.9 Å². The number of hydrogen-bond donors (Lipinski definition) is 0. The zero-order chi connectivity index (χ0) is 17.7. The molecule has 0 aliphatic carbocycles. The van der Waals surface area contributed by atoms with E-state index in [1.807, 2.05) is 0 Å². The van der Waals surface area contributed by atoms with Crippen LogP contribution in [-0.2, 0) is 4.74 Å². The molecule has 1 aliphatic rings. The molecule has 24 heavy (non-hydrogen) atoms. The van der Waals surface area contributed by atoms with E-state index in [0.29, 0.717) is 49.3 Å². The van der Waals surface area contributed by atoms with Gasteiger partial charge in [0.25, 0.3) is 5.88 Å². The minimum atomic E-state index is -0.0216. The quantitative estimate of drug-likeness (QED) is 0.743. The second-order valence-corrected chi connectivity index (χ2v) is 7.04. The van der Waals surface area contributed by atoms with Crippen LogP contribution < -0.4 is 14.2 Å². The van der Waals surface area contributed by atoms with Gasteiger partial charge in [-0.25, -0.2) is 4.98 Å². The Morgan fingerprint density at radius 1 is 1.29 bits per heavy atom. The summed E-state index contributed by atoms with van der Waals surface area (Å²) in [6, 6.07) is 1.71. The number of ether oxygens (including phenoxy) is 4. The highest BCUT2D eigenvalue weighted by Crippen LogP contribution is 2.38. The van der Waals surface area contributed by atoms with Gasteiger partial charge in [0.1, 0.15) is 0 Å². The minimum absolute atomic E-state index is 0.0126. The maximum absolute atomic E-state index is 12.6. The average Bonchev–Trinajstić information content (AvgIpc) is 2.69.